The SMILES string of the molecule is C#CCNCCCCC(=O)Nc1cc(-c2n[nH]c(=O)c3ccccc23)ccc1Cl.Cl. The molecule has 2 aromatic carbocycles. The Morgan fingerprint density at radius 2 is 1.93 bits per heavy atom. The maximum atomic E-state index is 12.3. The summed E-state index contributed by atoms with van der Waals surface area (Å²) in [4.78, 5) is 24.3. The normalized spacial score (nSPS) is 10.3. The summed E-state index contributed by atoms with van der Waals surface area (Å²) in [6.07, 6.45) is 7.16. The number of nitrogens with zero attached hydrogens (tertiary/aromatic N) is 1. The van der Waals surface area contributed by atoms with Gasteiger partial charge in [0, 0.05) is 17.4 Å². The van der Waals surface area contributed by atoms with Gasteiger partial charge >= 0.3 is 0 Å². The summed E-state index contributed by atoms with van der Waals surface area (Å²) >= 11 is 6.27. The lowest BCUT2D eigenvalue weighted by atomic mass is 10.0. The number of terminal acetylenes is 1. The van der Waals surface area contributed by atoms with E-state index in [2.05, 4.69) is 26.8 Å². The number of fused-ring (bicyclic) bond motifs is 1. The zero-order valence-corrected chi connectivity index (χ0v) is 17.8. The van der Waals surface area contributed by atoms with Gasteiger partial charge in [0.05, 0.1) is 28.3 Å². The van der Waals surface area contributed by atoms with Crippen LogP contribution in [-0.4, -0.2) is 29.2 Å². The quantitative estimate of drug-likeness (QED) is 0.362. The molecule has 0 bridgehead atoms. The number of carbonyl (C=O) groups is 1. The van der Waals surface area contributed by atoms with Gasteiger partial charge in [-0.2, -0.15) is 5.10 Å². The predicted molar refractivity (Wildman–Crippen MR) is 124 cm³/mol. The number of unbranched alkanes of at least 4 members (excludes halogenated alkanes) is 1. The van der Waals surface area contributed by atoms with Crippen LogP contribution in [0.15, 0.2) is 47.3 Å². The van der Waals surface area contributed by atoms with Gasteiger partial charge in [-0.05, 0) is 37.6 Å². The van der Waals surface area contributed by atoms with Gasteiger partial charge in [0.1, 0.15) is 0 Å². The Hall–Kier alpha value is -2.85. The van der Waals surface area contributed by atoms with Gasteiger partial charge < -0.3 is 10.6 Å². The maximum absolute atomic E-state index is 12.3. The highest BCUT2D eigenvalue weighted by Crippen LogP contribution is 2.30. The summed E-state index contributed by atoms with van der Waals surface area (Å²) in [5.41, 5.74) is 1.63. The van der Waals surface area contributed by atoms with Crippen LogP contribution in [0.25, 0.3) is 22.0 Å². The fourth-order valence-electron chi connectivity index (χ4n) is 3.01. The van der Waals surface area contributed by atoms with E-state index in [0.717, 1.165) is 30.3 Å². The molecule has 1 aromatic heterocycles. The molecular formula is C22H22Cl2N4O2. The van der Waals surface area contributed by atoms with E-state index in [-0.39, 0.29) is 23.9 Å². The number of H-pyrrole nitrogens is 1. The Kier molecular flexibility index (Phi) is 8.88. The van der Waals surface area contributed by atoms with Crippen LogP contribution in [0.5, 0.6) is 0 Å². The second-order valence-corrected chi connectivity index (χ2v) is 6.93. The number of amides is 1. The number of hydrogen-bond acceptors (Lipinski definition) is 4. The van der Waals surface area contributed by atoms with Crippen LogP contribution in [0.4, 0.5) is 5.69 Å². The molecule has 0 fully saturated rings. The first-order chi connectivity index (χ1) is 14.1. The molecule has 0 spiro atoms. The lowest BCUT2D eigenvalue weighted by Crippen LogP contribution is -2.16. The minimum atomic E-state index is -0.247. The first-order valence-corrected chi connectivity index (χ1v) is 9.69. The number of rotatable bonds is 8. The van der Waals surface area contributed by atoms with E-state index in [9.17, 15) is 9.59 Å². The van der Waals surface area contributed by atoms with E-state index >= 15 is 0 Å². The third-order valence-corrected chi connectivity index (χ3v) is 4.77. The zero-order chi connectivity index (χ0) is 20.6. The number of aromatic nitrogens is 2. The van der Waals surface area contributed by atoms with Crippen LogP contribution in [0.1, 0.15) is 19.3 Å². The summed E-state index contributed by atoms with van der Waals surface area (Å²) in [5, 5.41) is 14.4. The molecule has 0 saturated carbocycles. The molecule has 3 N–H and O–H groups in total. The van der Waals surface area contributed by atoms with Gasteiger partial charge in [-0.25, -0.2) is 5.10 Å². The third kappa shape index (κ3) is 5.83. The van der Waals surface area contributed by atoms with Crippen LogP contribution >= 0.6 is 24.0 Å². The minimum absolute atomic E-state index is 0. The average Bonchev–Trinajstić information content (AvgIpc) is 2.73. The van der Waals surface area contributed by atoms with Crippen molar-refractivity contribution >= 4 is 46.4 Å². The van der Waals surface area contributed by atoms with Crippen LogP contribution < -0.4 is 16.2 Å². The van der Waals surface area contributed by atoms with Crippen molar-refractivity contribution in [2.45, 2.75) is 19.3 Å². The molecule has 0 aliphatic carbocycles. The zero-order valence-electron chi connectivity index (χ0n) is 16.2. The largest absolute Gasteiger partial charge is 0.325 e. The number of halogens is 2. The summed E-state index contributed by atoms with van der Waals surface area (Å²) in [5.74, 6) is 2.40. The topological polar surface area (TPSA) is 86.9 Å². The number of anilines is 1. The summed E-state index contributed by atoms with van der Waals surface area (Å²) in [6, 6.07) is 12.5. The molecule has 30 heavy (non-hydrogen) atoms. The third-order valence-electron chi connectivity index (χ3n) is 4.44. The molecule has 156 valence electrons. The Bertz CT molecular complexity index is 1120. The summed E-state index contributed by atoms with van der Waals surface area (Å²) in [7, 11) is 0. The highest BCUT2D eigenvalue weighted by Gasteiger charge is 2.12. The van der Waals surface area contributed by atoms with Crippen molar-refractivity contribution in [1.82, 2.24) is 15.5 Å². The Labute approximate surface area is 185 Å². The summed E-state index contributed by atoms with van der Waals surface area (Å²) in [6.45, 7) is 1.31. The molecule has 1 heterocycles. The van der Waals surface area contributed by atoms with Crippen LogP contribution in [0.3, 0.4) is 0 Å². The van der Waals surface area contributed by atoms with E-state index < -0.39 is 0 Å². The van der Waals surface area contributed by atoms with Gasteiger partial charge in [0.2, 0.25) is 5.91 Å². The standard InChI is InChI=1S/C22H21ClN4O2.ClH/c1-2-12-24-13-6-5-9-20(28)25-19-14-15(10-11-18(19)23)21-16-7-3-4-8-17(16)22(29)27-26-21;/h1,3-4,7-8,10-11,14,24H,5-6,9,12-13H2,(H,25,28)(H,27,29);1H. The molecule has 0 atom stereocenters. The van der Waals surface area contributed by atoms with Gasteiger partial charge in [-0.1, -0.05) is 41.8 Å². The molecule has 0 aliphatic rings. The predicted octanol–water partition coefficient (Wildman–Crippen LogP) is 4.00. The van der Waals surface area contributed by atoms with Crippen molar-refractivity contribution in [3.8, 4) is 23.6 Å². The van der Waals surface area contributed by atoms with Crippen molar-refractivity contribution in [2.75, 3.05) is 18.4 Å². The van der Waals surface area contributed by atoms with E-state index in [4.69, 9.17) is 18.0 Å². The van der Waals surface area contributed by atoms with Gasteiger partial charge in [-0.15, -0.1) is 18.8 Å². The fourth-order valence-corrected chi connectivity index (χ4v) is 3.18. The molecule has 0 radical (unpaired) electrons. The van der Waals surface area contributed by atoms with E-state index in [1.807, 2.05) is 18.2 Å². The number of benzene rings is 2. The molecular weight excluding hydrogens is 423 g/mol. The Morgan fingerprint density at radius 3 is 2.70 bits per heavy atom. The molecule has 6 nitrogen and oxygen atoms in total. The highest BCUT2D eigenvalue weighted by molar-refractivity contribution is 6.33. The minimum Gasteiger partial charge on any atom is -0.325 e. The number of nitrogens with one attached hydrogen (secondary N) is 3. The molecule has 3 aromatic rings. The lowest BCUT2D eigenvalue weighted by Gasteiger charge is -2.11. The van der Waals surface area contributed by atoms with Gasteiger partial charge in [0.15, 0.2) is 0 Å². The van der Waals surface area contributed by atoms with E-state index in [0.29, 0.717) is 34.8 Å². The van der Waals surface area contributed by atoms with Crippen molar-refractivity contribution < 1.29 is 4.79 Å². The molecule has 8 heteroatoms. The smallest absolute Gasteiger partial charge is 0.272 e. The highest BCUT2D eigenvalue weighted by atomic mass is 35.5. The molecule has 0 saturated heterocycles. The van der Waals surface area contributed by atoms with E-state index in [1.165, 1.54) is 0 Å². The first kappa shape index (κ1) is 23.4. The molecule has 0 unspecified atom stereocenters. The molecule has 3 rings (SSSR count). The van der Waals surface area contributed by atoms with Crippen molar-refractivity contribution in [1.29, 1.82) is 0 Å². The van der Waals surface area contributed by atoms with Crippen LogP contribution in [0.2, 0.25) is 5.02 Å². The summed E-state index contributed by atoms with van der Waals surface area (Å²) < 4.78 is 0. The van der Waals surface area contributed by atoms with Crippen molar-refractivity contribution in [2.24, 2.45) is 0 Å². The number of carbonyl (C=O) groups excluding carboxylic acids is 1. The first-order valence-electron chi connectivity index (χ1n) is 9.31. The number of hydrogen-bond donors (Lipinski definition) is 3. The van der Waals surface area contributed by atoms with Gasteiger partial charge in [0.25, 0.3) is 5.56 Å². The lowest BCUT2D eigenvalue weighted by molar-refractivity contribution is -0.116. The maximum Gasteiger partial charge on any atom is 0.272 e. The number of aromatic amines is 1. The Balaban J connectivity index is 0.00000320. The monoisotopic (exact) mass is 444 g/mol. The van der Waals surface area contributed by atoms with Crippen LogP contribution in [-0.2, 0) is 4.79 Å². The molecule has 1 amide bonds. The second kappa shape index (κ2) is 11.4. The van der Waals surface area contributed by atoms with Gasteiger partial charge in [-0.3, -0.25) is 9.59 Å². The van der Waals surface area contributed by atoms with E-state index in [1.54, 1.807) is 24.3 Å². The Morgan fingerprint density at radius 1 is 1.17 bits per heavy atom. The second-order valence-electron chi connectivity index (χ2n) is 6.53. The fraction of sp³-hybridized carbons (Fsp3) is 0.227. The van der Waals surface area contributed by atoms with Crippen LogP contribution in [0, 0.1) is 12.3 Å². The van der Waals surface area contributed by atoms with Crippen molar-refractivity contribution in [3.05, 3.63) is 57.8 Å². The molecule has 0 aliphatic heterocycles. The average molecular weight is 445 g/mol. The van der Waals surface area contributed by atoms with Crippen molar-refractivity contribution in [3.63, 3.8) is 0 Å².